The average molecular weight is 489 g/mol. The minimum Gasteiger partial charge on any atom is -0.347 e. The Balaban J connectivity index is 1.43. The van der Waals surface area contributed by atoms with Crippen LogP contribution in [0, 0.1) is 11.7 Å². The quantitative estimate of drug-likeness (QED) is 0.648. The number of amides is 2. The molecule has 2 aromatic rings. The first-order chi connectivity index (χ1) is 15.5. The van der Waals surface area contributed by atoms with E-state index in [0.29, 0.717) is 44.4 Å². The number of aromatic nitrogens is 1. The van der Waals surface area contributed by atoms with Gasteiger partial charge in [0.05, 0.1) is 17.8 Å². The maximum atomic E-state index is 13.5. The fourth-order valence-electron chi connectivity index (χ4n) is 4.20. The van der Waals surface area contributed by atoms with Crippen LogP contribution in [-0.2, 0) is 23.8 Å². The van der Waals surface area contributed by atoms with Crippen LogP contribution in [-0.4, -0.2) is 47.0 Å². The number of carbonyl (C=O) groups excluding carboxylic acids is 2. The maximum absolute atomic E-state index is 13.5. The normalized spacial score (nSPS) is 21.6. The molecule has 1 aromatic carbocycles. The van der Waals surface area contributed by atoms with Crippen molar-refractivity contribution >= 4 is 28.3 Å². The molecule has 0 bridgehead atoms. The van der Waals surface area contributed by atoms with Gasteiger partial charge in [-0.3, -0.25) is 14.9 Å². The molecule has 2 heterocycles. The summed E-state index contributed by atoms with van der Waals surface area (Å²) >= 11 is 1.18. The molecule has 1 fully saturated rings. The first-order valence-corrected chi connectivity index (χ1v) is 11.3. The Hall–Kier alpha value is -2.60. The van der Waals surface area contributed by atoms with Crippen molar-refractivity contribution in [2.45, 2.75) is 44.1 Å². The third-order valence-electron chi connectivity index (χ3n) is 6.06. The molecule has 2 aliphatic rings. The van der Waals surface area contributed by atoms with Gasteiger partial charge in [-0.25, -0.2) is 13.8 Å². The highest BCUT2D eigenvalue weighted by Gasteiger charge is 2.38. The van der Waals surface area contributed by atoms with Crippen molar-refractivity contribution < 1.29 is 37.3 Å². The van der Waals surface area contributed by atoms with Crippen LogP contribution < -0.4 is 11.1 Å². The van der Waals surface area contributed by atoms with Crippen molar-refractivity contribution in [3.8, 4) is 0 Å². The summed E-state index contributed by atoms with van der Waals surface area (Å²) in [6.07, 6.45) is -3.85. The lowest BCUT2D eigenvalue weighted by Gasteiger charge is -2.26. The van der Waals surface area contributed by atoms with E-state index in [1.165, 1.54) is 16.2 Å². The number of fused-ring (bicyclic) bond motifs is 1. The Kier molecular flexibility index (Phi) is 6.41. The van der Waals surface area contributed by atoms with Crippen LogP contribution in [0.3, 0.4) is 0 Å². The lowest BCUT2D eigenvalue weighted by molar-refractivity contribution is -0.418. The molecule has 4 rings (SSSR count). The smallest absolute Gasteiger partial charge is 0.347 e. The number of quaternary nitrogens is 1. The molecule has 1 aromatic heterocycles. The molecule has 0 spiro atoms. The van der Waals surface area contributed by atoms with Crippen molar-refractivity contribution in [3.63, 3.8) is 0 Å². The summed E-state index contributed by atoms with van der Waals surface area (Å²) in [6.45, 7) is 0.485. The van der Waals surface area contributed by atoms with E-state index in [-0.39, 0.29) is 29.1 Å². The van der Waals surface area contributed by atoms with Crippen LogP contribution in [0.25, 0.3) is 0 Å². The zero-order valence-electron chi connectivity index (χ0n) is 17.4. The number of likely N-dealkylation sites (tertiary alicyclic amines) is 1. The SMILES string of the molecule is [NH3+][C@H](C(=O)N1CC[C@H](F)C1)C1CCc2nc(NC(=O)c3ccc(F)c(C(F)(F)F)c3)sc2C1. The molecule has 12 heteroatoms. The molecule has 178 valence electrons. The van der Waals surface area contributed by atoms with Gasteiger partial charge in [0, 0.05) is 22.9 Å². The molecular formula is C21H22F5N4O2S+. The molecule has 1 unspecified atom stereocenters. The first kappa shape index (κ1) is 23.6. The van der Waals surface area contributed by atoms with Crippen molar-refractivity contribution in [3.05, 3.63) is 45.7 Å². The number of rotatable bonds is 4. The van der Waals surface area contributed by atoms with Gasteiger partial charge in [-0.1, -0.05) is 0 Å². The zero-order chi connectivity index (χ0) is 23.9. The Morgan fingerprint density at radius 3 is 2.70 bits per heavy atom. The number of thiazole rings is 1. The molecule has 0 radical (unpaired) electrons. The number of nitrogens with zero attached hydrogens (tertiary/aromatic N) is 2. The number of benzene rings is 1. The Morgan fingerprint density at radius 2 is 2.03 bits per heavy atom. The number of hydrogen-bond acceptors (Lipinski definition) is 4. The topological polar surface area (TPSA) is 89.9 Å². The van der Waals surface area contributed by atoms with Gasteiger partial charge in [-0.05, 0) is 43.9 Å². The second-order valence-electron chi connectivity index (χ2n) is 8.31. The molecule has 6 nitrogen and oxygen atoms in total. The van der Waals surface area contributed by atoms with Crippen molar-refractivity contribution in [2.24, 2.45) is 5.92 Å². The second-order valence-corrected chi connectivity index (χ2v) is 9.40. The molecule has 2 amide bonds. The van der Waals surface area contributed by atoms with E-state index < -0.39 is 35.7 Å². The second kappa shape index (κ2) is 8.98. The van der Waals surface area contributed by atoms with Crippen molar-refractivity contribution in [2.75, 3.05) is 18.4 Å². The fourth-order valence-corrected chi connectivity index (χ4v) is 5.30. The summed E-state index contributed by atoms with van der Waals surface area (Å²) in [5.74, 6) is -2.51. The Labute approximate surface area is 190 Å². The van der Waals surface area contributed by atoms with E-state index in [1.54, 1.807) is 0 Å². The van der Waals surface area contributed by atoms with E-state index >= 15 is 0 Å². The molecular weight excluding hydrogens is 467 g/mol. The van der Waals surface area contributed by atoms with E-state index in [4.69, 9.17) is 0 Å². The van der Waals surface area contributed by atoms with E-state index in [2.05, 4.69) is 16.0 Å². The highest BCUT2D eigenvalue weighted by atomic mass is 32.1. The average Bonchev–Trinajstić information content (AvgIpc) is 3.36. The molecule has 1 aliphatic heterocycles. The number of alkyl halides is 4. The highest BCUT2D eigenvalue weighted by Crippen LogP contribution is 2.35. The maximum Gasteiger partial charge on any atom is 0.419 e. The third-order valence-corrected chi connectivity index (χ3v) is 7.10. The Morgan fingerprint density at radius 1 is 1.27 bits per heavy atom. The van der Waals surface area contributed by atoms with E-state index in [1.807, 2.05) is 0 Å². The summed E-state index contributed by atoms with van der Waals surface area (Å²) in [6, 6.07) is 1.52. The van der Waals surface area contributed by atoms with Crippen LogP contribution in [0.1, 0.15) is 39.3 Å². The van der Waals surface area contributed by atoms with Gasteiger partial charge in [0.2, 0.25) is 0 Å². The van der Waals surface area contributed by atoms with Crippen molar-refractivity contribution in [1.82, 2.24) is 9.88 Å². The van der Waals surface area contributed by atoms with Gasteiger partial charge in [-0.2, -0.15) is 13.2 Å². The summed E-state index contributed by atoms with van der Waals surface area (Å²) in [4.78, 5) is 31.8. The lowest BCUT2D eigenvalue weighted by Crippen LogP contribution is -2.71. The predicted octanol–water partition coefficient (Wildman–Crippen LogP) is 2.84. The monoisotopic (exact) mass is 489 g/mol. The number of nitrogens with one attached hydrogen (secondary N) is 1. The number of anilines is 1. The molecule has 0 saturated carbocycles. The number of carbonyl (C=O) groups is 2. The minimum absolute atomic E-state index is 0.0564. The molecule has 3 atom stereocenters. The highest BCUT2D eigenvalue weighted by molar-refractivity contribution is 7.15. The van der Waals surface area contributed by atoms with Crippen LogP contribution in [0.4, 0.5) is 27.1 Å². The zero-order valence-corrected chi connectivity index (χ0v) is 18.2. The fraction of sp³-hybridized carbons (Fsp3) is 0.476. The third kappa shape index (κ3) is 5.01. The minimum atomic E-state index is -4.92. The summed E-state index contributed by atoms with van der Waals surface area (Å²) in [5.41, 5.74) is 2.92. The van der Waals surface area contributed by atoms with E-state index in [9.17, 15) is 31.5 Å². The van der Waals surface area contributed by atoms with Crippen LogP contribution in [0.15, 0.2) is 18.2 Å². The molecule has 1 saturated heterocycles. The summed E-state index contributed by atoms with van der Waals surface area (Å²) in [5, 5.41) is 2.69. The largest absolute Gasteiger partial charge is 0.419 e. The Bertz CT molecular complexity index is 1070. The number of hydrogen-bond donors (Lipinski definition) is 2. The van der Waals surface area contributed by atoms with Gasteiger partial charge in [0.1, 0.15) is 12.0 Å². The van der Waals surface area contributed by atoms with Gasteiger partial charge in [0.15, 0.2) is 11.2 Å². The van der Waals surface area contributed by atoms with Gasteiger partial charge in [0.25, 0.3) is 11.8 Å². The first-order valence-electron chi connectivity index (χ1n) is 10.5. The summed E-state index contributed by atoms with van der Waals surface area (Å²) < 4.78 is 65.7. The number of halogens is 5. The molecule has 4 N–H and O–H groups in total. The van der Waals surface area contributed by atoms with Gasteiger partial charge < -0.3 is 10.6 Å². The summed E-state index contributed by atoms with van der Waals surface area (Å²) in [7, 11) is 0. The molecule has 33 heavy (non-hydrogen) atoms. The van der Waals surface area contributed by atoms with Crippen LogP contribution >= 0.6 is 11.3 Å². The standard InChI is InChI=1S/C21H21F5N4O2S/c22-12-5-6-30(9-12)19(32)17(27)10-2-4-15-16(8-10)33-20(28-15)29-18(31)11-1-3-14(23)13(7-11)21(24,25)26/h1,3,7,10,12,17H,2,4-6,8-9,27H2,(H,28,29,31)/p+1/t10?,12-,17-/m0/s1. The number of aryl methyl sites for hydroxylation is 1. The van der Waals surface area contributed by atoms with Crippen LogP contribution in [0.5, 0.6) is 0 Å². The lowest BCUT2D eigenvalue weighted by atomic mass is 9.85. The predicted molar refractivity (Wildman–Crippen MR) is 110 cm³/mol. The van der Waals surface area contributed by atoms with Gasteiger partial charge in [-0.15, -0.1) is 11.3 Å². The van der Waals surface area contributed by atoms with Gasteiger partial charge >= 0.3 is 6.18 Å². The van der Waals surface area contributed by atoms with Crippen LogP contribution in [0.2, 0.25) is 0 Å². The van der Waals surface area contributed by atoms with E-state index in [0.717, 1.165) is 16.6 Å². The molecule has 1 aliphatic carbocycles. The van der Waals surface area contributed by atoms with Crippen molar-refractivity contribution in [1.29, 1.82) is 0 Å².